The minimum absolute atomic E-state index is 0.0115. The fourth-order valence-corrected chi connectivity index (χ4v) is 13.4. The van der Waals surface area contributed by atoms with Gasteiger partial charge in [-0.25, -0.2) is 0 Å². The second kappa shape index (κ2) is 32.5. The van der Waals surface area contributed by atoms with E-state index in [1.807, 2.05) is 29.7 Å². The normalized spacial score (nSPS) is 30.7. The molecule has 6 heterocycles. The lowest BCUT2D eigenvalue weighted by atomic mass is 9.79. The van der Waals surface area contributed by atoms with Crippen molar-refractivity contribution in [3.05, 3.63) is 69.8 Å². The standard InChI is InChI=1S/3C24H38N2O4/c3*1-14(2)9-17-13-26-8-7-16-10-21(28-5)22(29-6)11-18(16)19(26)12-20(17)30-24(27)23(25)15(3)4/h3*10-11,14-15,17,19-20,23H,7-9,12-13,25H2,1-6H3/t17-,19-,20+,23+;2*17-,19-,20+,23-/m100/s1/i5D3;2*1D3,5D3,9D2,14D/tm;2*14?,17-,19-,20+,23-. The first-order chi connectivity index (χ1) is 50.8. The van der Waals surface area contributed by atoms with Gasteiger partial charge in [0.05, 0.1) is 54.8 Å². The van der Waals surface area contributed by atoms with Gasteiger partial charge in [0.2, 0.25) is 0 Å². The molecular formula is C72H114N6O12. The van der Waals surface area contributed by atoms with Crippen molar-refractivity contribution in [2.75, 3.05) is 81.7 Å². The summed E-state index contributed by atoms with van der Waals surface area (Å²) in [6, 6.07) is 7.03. The molecule has 14 atom stereocenters. The number of nitrogens with two attached hydrogens (primary N) is 3. The molecule has 3 aromatic rings. The first-order valence-corrected chi connectivity index (χ1v) is 31.6. The van der Waals surface area contributed by atoms with Crippen LogP contribution in [0.3, 0.4) is 0 Å². The van der Waals surface area contributed by atoms with E-state index in [-0.39, 0.29) is 109 Å². The van der Waals surface area contributed by atoms with Crippen molar-refractivity contribution < 1.29 is 85.8 Å². The Labute approximate surface area is 569 Å². The number of hydrogen-bond donors (Lipinski definition) is 3. The zero-order valence-electron chi connectivity index (χ0n) is 75.9. The Morgan fingerprint density at radius 2 is 0.767 bits per heavy atom. The van der Waals surface area contributed by atoms with E-state index in [0.717, 1.165) is 73.2 Å². The quantitative estimate of drug-likeness (QED) is 0.0666. The monoisotopic (exact) mass is 1280 g/mol. The number of fused-ring (bicyclic) bond motifs is 9. The maximum Gasteiger partial charge on any atom is 0.323 e. The Bertz CT molecular complexity index is 3540. The molecule has 0 amide bonds. The van der Waals surface area contributed by atoms with Crippen LogP contribution < -0.4 is 45.6 Å². The van der Waals surface area contributed by atoms with Gasteiger partial charge in [0.15, 0.2) is 34.5 Å². The van der Waals surface area contributed by atoms with Gasteiger partial charge in [-0.3, -0.25) is 29.1 Å². The molecule has 2 unspecified atom stereocenters. The fourth-order valence-electron chi connectivity index (χ4n) is 13.4. The van der Waals surface area contributed by atoms with Crippen LogP contribution in [-0.4, -0.2) is 151 Å². The maximum atomic E-state index is 12.9. The lowest BCUT2D eigenvalue weighted by Gasteiger charge is -2.47. The fraction of sp³-hybridized carbons (Fsp3) is 0.708. The van der Waals surface area contributed by atoms with Crippen molar-refractivity contribution in [3.63, 3.8) is 0 Å². The molecule has 0 saturated carbocycles. The van der Waals surface area contributed by atoms with E-state index in [1.54, 1.807) is 58.0 Å². The first kappa shape index (κ1) is 47.5. The number of hydrogen-bond acceptors (Lipinski definition) is 18. The summed E-state index contributed by atoms with van der Waals surface area (Å²) < 4.78 is 216. The highest BCUT2D eigenvalue weighted by Gasteiger charge is 2.45. The highest BCUT2D eigenvalue weighted by atomic mass is 16.6. The Kier molecular flexibility index (Phi) is 17.1. The van der Waals surface area contributed by atoms with E-state index >= 15 is 0 Å². The maximum absolute atomic E-state index is 12.9. The van der Waals surface area contributed by atoms with E-state index in [4.69, 9.17) is 88.6 Å². The second-order valence-electron chi connectivity index (χ2n) is 26.3. The van der Waals surface area contributed by atoms with Crippen molar-refractivity contribution in [2.24, 2.45) is 70.4 Å². The van der Waals surface area contributed by atoms with Crippen LogP contribution in [-0.2, 0) is 47.9 Å². The Balaban J connectivity index is 0.000000232. The van der Waals surface area contributed by atoms with Gasteiger partial charge in [0, 0.05) is 111 Å². The average molecular weight is 1280 g/mol. The van der Waals surface area contributed by atoms with Crippen LogP contribution in [0, 0.1) is 53.2 Å². The third kappa shape index (κ3) is 17.5. The highest BCUT2D eigenvalue weighted by molar-refractivity contribution is 5.77. The summed E-state index contributed by atoms with van der Waals surface area (Å²) in [6.07, 6.45) is -3.83. The van der Waals surface area contributed by atoms with Gasteiger partial charge in [-0.1, -0.05) is 82.9 Å². The van der Waals surface area contributed by atoms with Crippen LogP contribution in [0.2, 0.25) is 0 Å². The van der Waals surface area contributed by atoms with Crippen molar-refractivity contribution in [3.8, 4) is 34.5 Å². The third-order valence-electron chi connectivity index (χ3n) is 18.5. The minimum atomic E-state index is -2.93. The molecule has 3 fully saturated rings. The molecule has 3 aromatic carbocycles. The summed E-state index contributed by atoms with van der Waals surface area (Å²) in [6.45, 7) is 14.1. The lowest BCUT2D eigenvalue weighted by molar-refractivity contribution is -0.161. The zero-order valence-corrected chi connectivity index (χ0v) is 54.9. The summed E-state index contributed by atoms with van der Waals surface area (Å²) in [5.74, 6) is -7.56. The molecule has 90 heavy (non-hydrogen) atoms. The van der Waals surface area contributed by atoms with Crippen molar-refractivity contribution in [2.45, 2.75) is 195 Å². The summed E-state index contributed by atoms with van der Waals surface area (Å²) in [5.41, 5.74) is 23.4. The number of nitrogens with zero attached hydrogens (tertiary/aromatic N) is 3. The van der Waals surface area contributed by atoms with Gasteiger partial charge in [0.25, 0.3) is 0 Å². The number of benzene rings is 3. The van der Waals surface area contributed by atoms with Gasteiger partial charge in [-0.05, 0) is 144 Å². The van der Waals surface area contributed by atoms with Crippen molar-refractivity contribution >= 4 is 17.9 Å². The number of methoxy groups -OCH3 is 6. The lowest BCUT2D eigenvalue weighted by Crippen LogP contribution is -2.51. The van der Waals surface area contributed by atoms with Gasteiger partial charge >= 0.3 is 17.9 Å². The molecule has 6 aliphatic rings. The minimum Gasteiger partial charge on any atom is -0.493 e. The molecule has 504 valence electrons. The number of esters is 3. The van der Waals surface area contributed by atoms with E-state index in [2.05, 4.69) is 18.7 Å². The molecule has 18 heteroatoms. The summed E-state index contributed by atoms with van der Waals surface area (Å²) in [5, 5.41) is 0. The van der Waals surface area contributed by atoms with Crippen molar-refractivity contribution in [1.82, 2.24) is 14.7 Å². The molecule has 6 N–H and O–H groups in total. The largest absolute Gasteiger partial charge is 0.493 e. The van der Waals surface area contributed by atoms with E-state index in [1.165, 1.54) is 21.3 Å². The second-order valence-corrected chi connectivity index (χ2v) is 26.3. The SMILES string of the molecule is [2H]C([2H])([2H])Oc1cc2c(cc1OC)[C@@H]1C[C@@H](OC(=O)[C@@H](N)C(C)C)[C@@H](C([2H])([2H])C([2H])(C)C([2H])([2H])[2H])CN1CC2.[2H]C([2H])([2H])Oc1cc2c(cc1OC)[C@@H]1C[C@@H](OC(=O)[C@@H](N)C(C)C)[C@@H](C([2H])([2H])C([2H])(C)C([2H])([2H])[2H])CN1CC2.[2H]C([2H])([2H])Oc1cc2c(cc1OC)[C@H]1C[C@H](OC(=O)[C@@H](N)C(C)C)[C@H](CC(C)C)CN1CC2. The van der Waals surface area contributed by atoms with Crippen LogP contribution >= 0.6 is 0 Å². The molecule has 0 bridgehead atoms. The number of carbonyl (C=O) groups is 3. The third-order valence-corrected chi connectivity index (χ3v) is 18.5. The molecule has 3 saturated heterocycles. The molecule has 0 spiro atoms. The topological polar surface area (TPSA) is 222 Å². The number of piperidine rings is 3. The molecule has 6 aliphatic heterocycles. The van der Waals surface area contributed by atoms with E-state index in [9.17, 15) is 14.4 Å². The predicted molar refractivity (Wildman–Crippen MR) is 353 cm³/mol. The molecular weight excluding hydrogens is 1140 g/mol. The van der Waals surface area contributed by atoms with E-state index < -0.39 is 113 Å². The van der Waals surface area contributed by atoms with Crippen LogP contribution in [0.5, 0.6) is 34.5 Å². The molecule has 0 aliphatic carbocycles. The average Bonchev–Trinajstić information content (AvgIpc) is 0.736. The van der Waals surface area contributed by atoms with Gasteiger partial charge in [-0.15, -0.1) is 0 Å². The van der Waals surface area contributed by atoms with Gasteiger partial charge in [-0.2, -0.15) is 0 Å². The van der Waals surface area contributed by atoms with Crippen LogP contribution in [0.1, 0.15) is 202 Å². The molecule has 0 radical (unpaired) electrons. The van der Waals surface area contributed by atoms with E-state index in [0.29, 0.717) is 44.0 Å². The summed E-state index contributed by atoms with van der Waals surface area (Å²) in [7, 11) is -3.61. The van der Waals surface area contributed by atoms with Crippen LogP contribution in [0.4, 0.5) is 0 Å². The number of carbonyl (C=O) groups excluding carboxylic acids is 3. The molecule has 9 rings (SSSR count). The smallest absolute Gasteiger partial charge is 0.323 e. The summed E-state index contributed by atoms with van der Waals surface area (Å²) in [4.78, 5) is 45.0. The predicted octanol–water partition coefficient (Wildman–Crippen LogP) is 10.7. The molecule has 0 aromatic heterocycles. The number of ether oxygens (including phenoxy) is 9. The van der Waals surface area contributed by atoms with Gasteiger partial charge < -0.3 is 59.8 Å². The van der Waals surface area contributed by atoms with Crippen LogP contribution in [0.25, 0.3) is 0 Å². The van der Waals surface area contributed by atoms with Gasteiger partial charge in [0.1, 0.15) is 36.4 Å². The Morgan fingerprint density at radius 3 is 1.03 bits per heavy atom. The molecule has 18 nitrogen and oxygen atoms in total. The first-order valence-electron chi connectivity index (χ1n) is 42.1. The zero-order chi connectivity index (χ0) is 83.9. The van der Waals surface area contributed by atoms with Crippen LogP contribution in [0.15, 0.2) is 36.4 Å². The van der Waals surface area contributed by atoms with Crippen molar-refractivity contribution in [1.29, 1.82) is 0 Å². The Hall–Kier alpha value is -5.37. The summed E-state index contributed by atoms with van der Waals surface area (Å²) >= 11 is 0. The highest BCUT2D eigenvalue weighted by Crippen LogP contribution is 2.48. The Morgan fingerprint density at radius 1 is 0.478 bits per heavy atom. The number of rotatable bonds is 21.